The first-order valence-electron chi connectivity index (χ1n) is 9.94. The van der Waals surface area contributed by atoms with Gasteiger partial charge in [0.25, 0.3) is 5.91 Å². The molecule has 8 heteroatoms. The Balaban J connectivity index is 1.72. The second-order valence-electron chi connectivity index (χ2n) is 6.69. The van der Waals surface area contributed by atoms with Gasteiger partial charge in [-0.05, 0) is 55.5 Å². The quantitative estimate of drug-likeness (QED) is 0.325. The number of furan rings is 1. The summed E-state index contributed by atoms with van der Waals surface area (Å²) in [6.07, 6.45) is 1.33. The van der Waals surface area contributed by atoms with E-state index in [1.807, 2.05) is 6.07 Å². The average Bonchev–Trinajstić information content (AvgIpc) is 3.31. The second kappa shape index (κ2) is 10.6. The molecular formula is C25H20N2O6. The van der Waals surface area contributed by atoms with Crippen LogP contribution in [-0.4, -0.2) is 31.6 Å². The van der Waals surface area contributed by atoms with E-state index >= 15 is 0 Å². The molecule has 8 nitrogen and oxygen atoms in total. The summed E-state index contributed by atoms with van der Waals surface area (Å²) in [4.78, 5) is 35.7. The molecule has 0 unspecified atom stereocenters. The maximum Gasteiger partial charge on any atom is 0.338 e. The zero-order chi connectivity index (χ0) is 23.8. The molecule has 1 aromatic heterocycles. The molecule has 1 amide bonds. The summed E-state index contributed by atoms with van der Waals surface area (Å²) in [7, 11) is 1.28. The van der Waals surface area contributed by atoms with Gasteiger partial charge in [0, 0.05) is 17.3 Å². The highest BCUT2D eigenvalue weighted by atomic mass is 16.5. The van der Waals surface area contributed by atoms with Crippen molar-refractivity contribution in [3.05, 3.63) is 83.1 Å². The molecule has 1 heterocycles. The lowest BCUT2D eigenvalue weighted by Crippen LogP contribution is -2.13. The fraction of sp³-hybridized carbons (Fsp3) is 0.120. The number of amides is 1. The highest BCUT2D eigenvalue weighted by Crippen LogP contribution is 2.24. The lowest BCUT2D eigenvalue weighted by atomic mass is 10.1. The number of esters is 2. The smallest absolute Gasteiger partial charge is 0.338 e. The van der Waals surface area contributed by atoms with Crippen molar-refractivity contribution in [2.45, 2.75) is 6.92 Å². The summed E-state index contributed by atoms with van der Waals surface area (Å²) in [6.45, 7) is 2.03. The monoisotopic (exact) mass is 444 g/mol. The van der Waals surface area contributed by atoms with Crippen LogP contribution >= 0.6 is 0 Å². The molecule has 0 aliphatic rings. The Morgan fingerprint density at radius 1 is 0.970 bits per heavy atom. The summed E-state index contributed by atoms with van der Waals surface area (Å²) < 4.78 is 15.3. The first kappa shape index (κ1) is 23.0. The molecule has 0 fully saturated rings. The number of nitrogens with one attached hydrogen (secondary N) is 1. The molecular weight excluding hydrogens is 424 g/mol. The van der Waals surface area contributed by atoms with Gasteiger partial charge in [0.05, 0.1) is 24.8 Å². The molecule has 0 atom stereocenters. The minimum absolute atomic E-state index is 0.161. The van der Waals surface area contributed by atoms with E-state index in [0.717, 1.165) is 5.56 Å². The molecule has 0 saturated carbocycles. The maximum atomic E-state index is 12.5. The first-order chi connectivity index (χ1) is 15.9. The van der Waals surface area contributed by atoms with E-state index in [1.165, 1.54) is 37.5 Å². The topological polar surface area (TPSA) is 119 Å². The number of hydrogen-bond acceptors (Lipinski definition) is 7. The van der Waals surface area contributed by atoms with Crippen LogP contribution < -0.4 is 5.32 Å². The summed E-state index contributed by atoms with van der Waals surface area (Å²) >= 11 is 0. The van der Waals surface area contributed by atoms with E-state index in [9.17, 15) is 19.6 Å². The Morgan fingerprint density at radius 3 is 2.21 bits per heavy atom. The van der Waals surface area contributed by atoms with E-state index < -0.39 is 17.8 Å². The molecule has 0 spiro atoms. The van der Waals surface area contributed by atoms with Crippen LogP contribution in [0.4, 0.5) is 5.69 Å². The fourth-order valence-corrected chi connectivity index (χ4v) is 2.87. The van der Waals surface area contributed by atoms with Crippen molar-refractivity contribution in [3.63, 3.8) is 0 Å². The summed E-state index contributed by atoms with van der Waals surface area (Å²) in [5.41, 5.74) is 1.73. The van der Waals surface area contributed by atoms with Crippen molar-refractivity contribution in [1.82, 2.24) is 0 Å². The Morgan fingerprint density at radius 2 is 1.61 bits per heavy atom. The highest BCUT2D eigenvalue weighted by molar-refractivity contribution is 6.09. The van der Waals surface area contributed by atoms with E-state index in [1.54, 1.807) is 43.3 Å². The molecule has 0 saturated heterocycles. The van der Waals surface area contributed by atoms with Crippen LogP contribution in [0, 0.1) is 11.3 Å². The highest BCUT2D eigenvalue weighted by Gasteiger charge is 2.13. The van der Waals surface area contributed by atoms with Gasteiger partial charge in [0.1, 0.15) is 23.2 Å². The second-order valence-corrected chi connectivity index (χ2v) is 6.69. The normalized spacial score (nSPS) is 10.8. The van der Waals surface area contributed by atoms with Gasteiger partial charge in [-0.15, -0.1) is 0 Å². The largest absolute Gasteiger partial charge is 0.465 e. The van der Waals surface area contributed by atoms with Crippen LogP contribution in [0.3, 0.4) is 0 Å². The van der Waals surface area contributed by atoms with Crippen molar-refractivity contribution >= 4 is 29.6 Å². The minimum atomic E-state index is -0.625. The van der Waals surface area contributed by atoms with Crippen molar-refractivity contribution in [1.29, 1.82) is 5.26 Å². The lowest BCUT2D eigenvalue weighted by molar-refractivity contribution is -0.112. The average molecular weight is 444 g/mol. The van der Waals surface area contributed by atoms with Gasteiger partial charge < -0.3 is 19.2 Å². The Labute approximate surface area is 190 Å². The molecule has 1 N–H and O–H groups in total. The zero-order valence-electron chi connectivity index (χ0n) is 18.0. The van der Waals surface area contributed by atoms with Crippen LogP contribution in [0.15, 0.2) is 70.7 Å². The van der Waals surface area contributed by atoms with Gasteiger partial charge in [-0.2, -0.15) is 5.26 Å². The summed E-state index contributed by atoms with van der Waals surface area (Å²) in [5.74, 6) is -0.702. The number of nitriles is 1. The fourth-order valence-electron chi connectivity index (χ4n) is 2.87. The number of methoxy groups -OCH3 is 1. The van der Waals surface area contributed by atoms with Gasteiger partial charge in [-0.25, -0.2) is 9.59 Å². The Kier molecular flexibility index (Phi) is 7.39. The molecule has 0 radical (unpaired) electrons. The SMILES string of the molecule is CCOC(=O)c1ccc(-c2ccc(/C=C(\C#N)C(=O)Nc3ccc(C(=O)OC)cc3)o2)cc1. The van der Waals surface area contributed by atoms with Gasteiger partial charge >= 0.3 is 11.9 Å². The Hall–Kier alpha value is -4.64. The van der Waals surface area contributed by atoms with E-state index in [4.69, 9.17) is 9.15 Å². The molecule has 166 valence electrons. The predicted octanol–water partition coefficient (Wildman–Crippen LogP) is 4.46. The maximum absolute atomic E-state index is 12.5. The van der Waals surface area contributed by atoms with Crippen LogP contribution in [0.25, 0.3) is 17.4 Å². The van der Waals surface area contributed by atoms with Crippen LogP contribution in [-0.2, 0) is 14.3 Å². The van der Waals surface area contributed by atoms with Crippen LogP contribution in [0.1, 0.15) is 33.4 Å². The third kappa shape index (κ3) is 5.74. The number of benzene rings is 2. The molecule has 33 heavy (non-hydrogen) atoms. The van der Waals surface area contributed by atoms with Crippen molar-refractivity contribution < 1.29 is 28.3 Å². The van der Waals surface area contributed by atoms with E-state index in [0.29, 0.717) is 34.9 Å². The number of rotatable bonds is 7. The van der Waals surface area contributed by atoms with Crippen molar-refractivity contribution in [2.75, 3.05) is 19.0 Å². The summed E-state index contributed by atoms with van der Waals surface area (Å²) in [6, 6.07) is 17.9. The first-order valence-corrected chi connectivity index (χ1v) is 9.94. The zero-order valence-corrected chi connectivity index (χ0v) is 18.0. The van der Waals surface area contributed by atoms with Crippen LogP contribution in [0.2, 0.25) is 0 Å². The van der Waals surface area contributed by atoms with Crippen LogP contribution in [0.5, 0.6) is 0 Å². The number of carbonyl (C=O) groups is 3. The minimum Gasteiger partial charge on any atom is -0.465 e. The number of carbonyl (C=O) groups excluding carboxylic acids is 3. The standard InChI is InChI=1S/C25H20N2O6/c1-3-32-25(30)18-6-4-16(5-7-18)22-13-12-21(33-22)14-19(15-26)23(28)27-20-10-8-17(9-11-20)24(29)31-2/h4-14H,3H2,1-2H3,(H,27,28)/b19-14+. The molecule has 3 aromatic rings. The Bertz CT molecular complexity index is 1230. The van der Waals surface area contributed by atoms with E-state index in [-0.39, 0.29) is 5.57 Å². The molecule has 3 rings (SSSR count). The number of hydrogen-bond donors (Lipinski definition) is 1. The van der Waals surface area contributed by atoms with Gasteiger partial charge in [0.2, 0.25) is 0 Å². The third-order valence-electron chi connectivity index (χ3n) is 4.52. The lowest BCUT2D eigenvalue weighted by Gasteiger charge is -2.05. The van der Waals surface area contributed by atoms with Gasteiger partial charge in [0.15, 0.2) is 0 Å². The molecule has 0 aliphatic heterocycles. The van der Waals surface area contributed by atoms with Gasteiger partial charge in [-0.1, -0.05) is 12.1 Å². The predicted molar refractivity (Wildman–Crippen MR) is 120 cm³/mol. The van der Waals surface area contributed by atoms with Crippen molar-refractivity contribution in [3.8, 4) is 17.4 Å². The van der Waals surface area contributed by atoms with Crippen molar-refractivity contribution in [2.24, 2.45) is 0 Å². The molecule has 0 bridgehead atoms. The van der Waals surface area contributed by atoms with Gasteiger partial charge in [-0.3, -0.25) is 4.79 Å². The van der Waals surface area contributed by atoms with E-state index in [2.05, 4.69) is 10.1 Å². The molecule has 0 aliphatic carbocycles. The number of anilines is 1. The summed E-state index contributed by atoms with van der Waals surface area (Å²) in [5, 5.41) is 12.0. The number of nitrogens with zero attached hydrogens (tertiary/aromatic N) is 1. The number of ether oxygens (including phenoxy) is 2. The molecule has 2 aromatic carbocycles. The third-order valence-corrected chi connectivity index (χ3v) is 4.52.